The topological polar surface area (TPSA) is 61.9 Å². The molecule has 28 heavy (non-hydrogen) atoms. The highest BCUT2D eigenvalue weighted by atomic mass is 16.5. The Morgan fingerprint density at radius 2 is 1.75 bits per heavy atom. The van der Waals surface area contributed by atoms with Gasteiger partial charge in [0.05, 0.1) is 7.11 Å². The van der Waals surface area contributed by atoms with E-state index in [9.17, 15) is 9.59 Å². The molecule has 6 heteroatoms. The minimum Gasteiger partial charge on any atom is -0.497 e. The van der Waals surface area contributed by atoms with Gasteiger partial charge < -0.3 is 19.9 Å². The van der Waals surface area contributed by atoms with E-state index in [2.05, 4.69) is 10.2 Å². The van der Waals surface area contributed by atoms with Gasteiger partial charge in [-0.15, -0.1) is 0 Å². The van der Waals surface area contributed by atoms with E-state index in [1.807, 2.05) is 36.1 Å². The van der Waals surface area contributed by atoms with Crippen molar-refractivity contribution in [3.63, 3.8) is 0 Å². The number of carbonyl (C=O) groups excluding carboxylic acids is 2. The van der Waals surface area contributed by atoms with Crippen LogP contribution in [0.4, 0.5) is 11.4 Å². The van der Waals surface area contributed by atoms with Crippen LogP contribution in [0, 0.1) is 0 Å². The quantitative estimate of drug-likeness (QED) is 0.833. The number of hydrogen-bond acceptors (Lipinski definition) is 4. The number of anilines is 2. The SMILES string of the molecule is CCCC(=O)N1CCN(c2ccc(NC(=O)c3cccc(OC)c3)cc2)CC1. The zero-order valence-corrected chi connectivity index (χ0v) is 16.5. The van der Waals surface area contributed by atoms with Crippen LogP contribution < -0.4 is 15.0 Å². The number of methoxy groups -OCH3 is 1. The van der Waals surface area contributed by atoms with Gasteiger partial charge in [-0.3, -0.25) is 9.59 Å². The van der Waals surface area contributed by atoms with Gasteiger partial charge in [0.15, 0.2) is 0 Å². The third-order valence-corrected chi connectivity index (χ3v) is 4.92. The van der Waals surface area contributed by atoms with Crippen molar-refractivity contribution in [2.24, 2.45) is 0 Å². The van der Waals surface area contributed by atoms with Gasteiger partial charge in [0, 0.05) is 49.5 Å². The van der Waals surface area contributed by atoms with E-state index < -0.39 is 0 Å². The van der Waals surface area contributed by atoms with Crippen LogP contribution in [0.5, 0.6) is 5.75 Å². The molecule has 0 bridgehead atoms. The molecule has 148 valence electrons. The van der Waals surface area contributed by atoms with E-state index >= 15 is 0 Å². The number of hydrogen-bond donors (Lipinski definition) is 1. The number of carbonyl (C=O) groups is 2. The van der Waals surface area contributed by atoms with E-state index in [0.717, 1.165) is 44.0 Å². The van der Waals surface area contributed by atoms with E-state index in [0.29, 0.717) is 17.7 Å². The van der Waals surface area contributed by atoms with Crippen LogP contribution in [0.3, 0.4) is 0 Å². The Morgan fingerprint density at radius 1 is 1.04 bits per heavy atom. The molecule has 0 spiro atoms. The van der Waals surface area contributed by atoms with Crippen molar-refractivity contribution in [2.45, 2.75) is 19.8 Å². The number of rotatable bonds is 6. The molecular formula is C22H27N3O3. The first kappa shape index (κ1) is 19.7. The van der Waals surface area contributed by atoms with Gasteiger partial charge in [-0.25, -0.2) is 0 Å². The Bertz CT molecular complexity index is 812. The molecule has 2 aromatic rings. The summed E-state index contributed by atoms with van der Waals surface area (Å²) in [5.74, 6) is 0.729. The standard InChI is InChI=1S/C22H27N3O3/c1-3-5-21(26)25-14-12-24(13-15-25)19-10-8-18(9-11-19)23-22(27)17-6-4-7-20(16-17)28-2/h4,6-11,16H,3,5,12-15H2,1-2H3,(H,23,27). The summed E-state index contributed by atoms with van der Waals surface area (Å²) in [5.41, 5.74) is 2.39. The lowest BCUT2D eigenvalue weighted by atomic mass is 10.2. The fraction of sp³-hybridized carbons (Fsp3) is 0.364. The number of amides is 2. The van der Waals surface area contributed by atoms with Crippen LogP contribution in [0.15, 0.2) is 48.5 Å². The number of piperazine rings is 1. The second-order valence-corrected chi connectivity index (χ2v) is 6.85. The molecular weight excluding hydrogens is 354 g/mol. The zero-order chi connectivity index (χ0) is 19.9. The molecule has 1 aliphatic heterocycles. The van der Waals surface area contributed by atoms with Crippen molar-refractivity contribution in [1.29, 1.82) is 0 Å². The fourth-order valence-electron chi connectivity index (χ4n) is 3.31. The highest BCUT2D eigenvalue weighted by molar-refractivity contribution is 6.04. The molecule has 1 aliphatic rings. The van der Waals surface area contributed by atoms with Crippen LogP contribution in [0.2, 0.25) is 0 Å². The van der Waals surface area contributed by atoms with Crippen LogP contribution in [-0.2, 0) is 4.79 Å². The lowest BCUT2D eigenvalue weighted by molar-refractivity contribution is -0.131. The summed E-state index contributed by atoms with van der Waals surface area (Å²) >= 11 is 0. The molecule has 6 nitrogen and oxygen atoms in total. The fourth-order valence-corrected chi connectivity index (χ4v) is 3.31. The molecule has 1 saturated heterocycles. The molecule has 1 N–H and O–H groups in total. The first-order chi connectivity index (χ1) is 13.6. The largest absolute Gasteiger partial charge is 0.497 e. The van der Waals surface area contributed by atoms with Gasteiger partial charge in [0.2, 0.25) is 5.91 Å². The molecule has 2 aromatic carbocycles. The van der Waals surface area contributed by atoms with Crippen molar-refractivity contribution in [1.82, 2.24) is 4.90 Å². The Kier molecular flexibility index (Phi) is 6.53. The molecule has 0 unspecified atom stereocenters. The second-order valence-electron chi connectivity index (χ2n) is 6.85. The summed E-state index contributed by atoms with van der Waals surface area (Å²) in [6, 6.07) is 14.9. The summed E-state index contributed by atoms with van der Waals surface area (Å²) in [5, 5.41) is 2.91. The predicted octanol–water partition coefficient (Wildman–Crippen LogP) is 3.40. The molecule has 2 amide bonds. The first-order valence-electron chi connectivity index (χ1n) is 9.69. The monoisotopic (exact) mass is 381 g/mol. The highest BCUT2D eigenvalue weighted by Gasteiger charge is 2.20. The number of ether oxygens (including phenoxy) is 1. The number of nitrogens with one attached hydrogen (secondary N) is 1. The van der Waals surface area contributed by atoms with Gasteiger partial charge in [-0.05, 0) is 48.9 Å². The molecule has 0 aliphatic carbocycles. The van der Waals surface area contributed by atoms with E-state index in [1.54, 1.807) is 31.4 Å². The van der Waals surface area contributed by atoms with Gasteiger partial charge in [-0.2, -0.15) is 0 Å². The normalized spacial score (nSPS) is 13.9. The van der Waals surface area contributed by atoms with Gasteiger partial charge in [0.1, 0.15) is 5.75 Å². The van der Waals surface area contributed by atoms with Crippen LogP contribution in [0.1, 0.15) is 30.1 Å². The van der Waals surface area contributed by atoms with Gasteiger partial charge in [0.25, 0.3) is 5.91 Å². The van der Waals surface area contributed by atoms with Crippen molar-refractivity contribution < 1.29 is 14.3 Å². The zero-order valence-electron chi connectivity index (χ0n) is 16.5. The summed E-state index contributed by atoms with van der Waals surface area (Å²) in [6.45, 7) is 5.19. The highest BCUT2D eigenvalue weighted by Crippen LogP contribution is 2.21. The van der Waals surface area contributed by atoms with Crippen LogP contribution in [-0.4, -0.2) is 50.0 Å². The molecule has 0 aromatic heterocycles. The minimum atomic E-state index is -0.172. The predicted molar refractivity (Wildman–Crippen MR) is 111 cm³/mol. The second kappa shape index (κ2) is 9.26. The van der Waals surface area contributed by atoms with Crippen molar-refractivity contribution in [2.75, 3.05) is 43.5 Å². The van der Waals surface area contributed by atoms with Crippen molar-refractivity contribution in [3.8, 4) is 5.75 Å². The summed E-state index contributed by atoms with van der Waals surface area (Å²) in [6.07, 6.45) is 1.52. The molecule has 0 radical (unpaired) electrons. The molecule has 1 fully saturated rings. The average molecular weight is 381 g/mol. The Morgan fingerprint density at radius 3 is 2.39 bits per heavy atom. The number of nitrogens with zero attached hydrogens (tertiary/aromatic N) is 2. The summed E-state index contributed by atoms with van der Waals surface area (Å²) < 4.78 is 5.16. The Labute approximate surface area is 166 Å². The van der Waals surface area contributed by atoms with Crippen molar-refractivity contribution in [3.05, 3.63) is 54.1 Å². The Balaban J connectivity index is 1.56. The van der Waals surface area contributed by atoms with Gasteiger partial charge in [-0.1, -0.05) is 13.0 Å². The van der Waals surface area contributed by atoms with Crippen LogP contribution in [0.25, 0.3) is 0 Å². The number of benzene rings is 2. The van der Waals surface area contributed by atoms with E-state index in [-0.39, 0.29) is 11.8 Å². The van der Waals surface area contributed by atoms with Crippen LogP contribution >= 0.6 is 0 Å². The minimum absolute atomic E-state index is 0.172. The molecule has 0 saturated carbocycles. The van der Waals surface area contributed by atoms with Gasteiger partial charge >= 0.3 is 0 Å². The lowest BCUT2D eigenvalue weighted by Crippen LogP contribution is -2.48. The lowest BCUT2D eigenvalue weighted by Gasteiger charge is -2.36. The van der Waals surface area contributed by atoms with Crippen molar-refractivity contribution >= 4 is 23.2 Å². The van der Waals surface area contributed by atoms with E-state index in [1.165, 1.54) is 0 Å². The third-order valence-electron chi connectivity index (χ3n) is 4.92. The summed E-state index contributed by atoms with van der Waals surface area (Å²) in [4.78, 5) is 28.6. The van der Waals surface area contributed by atoms with E-state index in [4.69, 9.17) is 4.74 Å². The first-order valence-corrected chi connectivity index (χ1v) is 9.69. The maximum atomic E-state index is 12.4. The third kappa shape index (κ3) is 4.82. The maximum absolute atomic E-state index is 12.4. The molecule has 0 atom stereocenters. The Hall–Kier alpha value is -3.02. The smallest absolute Gasteiger partial charge is 0.255 e. The molecule has 1 heterocycles. The summed E-state index contributed by atoms with van der Waals surface area (Å²) in [7, 11) is 1.58. The average Bonchev–Trinajstić information content (AvgIpc) is 2.74. The maximum Gasteiger partial charge on any atom is 0.255 e. The molecule has 3 rings (SSSR count).